The van der Waals surface area contributed by atoms with Gasteiger partial charge in [-0.3, -0.25) is 4.79 Å². The Balaban J connectivity index is 0.00000208. The molecule has 1 aliphatic rings. The van der Waals surface area contributed by atoms with Crippen LogP contribution in [0.25, 0.3) is 10.8 Å². The molecule has 0 radical (unpaired) electrons. The highest BCUT2D eigenvalue weighted by Crippen LogP contribution is 2.28. The molecule has 0 saturated carbocycles. The number of rotatable bonds is 5. The second-order valence-electron chi connectivity index (χ2n) is 6.43. The Labute approximate surface area is 149 Å². The maximum absolute atomic E-state index is 12.5. The summed E-state index contributed by atoms with van der Waals surface area (Å²) in [6.45, 7) is 3.31. The summed E-state index contributed by atoms with van der Waals surface area (Å²) >= 11 is 0. The molecular weight excluding hydrogens is 324 g/mol. The van der Waals surface area contributed by atoms with Gasteiger partial charge in [0.2, 0.25) is 0 Å². The third-order valence-corrected chi connectivity index (χ3v) is 4.75. The number of nitrogens with one attached hydrogen (secondary N) is 2. The molecule has 0 atom stereocenters. The van der Waals surface area contributed by atoms with E-state index >= 15 is 0 Å². The van der Waals surface area contributed by atoms with E-state index in [-0.39, 0.29) is 23.7 Å². The molecule has 2 N–H and O–H groups in total. The lowest BCUT2D eigenvalue weighted by Gasteiger charge is -2.37. The zero-order valence-electron chi connectivity index (χ0n) is 14.0. The highest BCUT2D eigenvalue weighted by Gasteiger charge is 2.32. The van der Waals surface area contributed by atoms with Gasteiger partial charge in [-0.2, -0.15) is 0 Å². The zero-order valence-corrected chi connectivity index (χ0v) is 14.8. The van der Waals surface area contributed by atoms with Gasteiger partial charge >= 0.3 is 0 Å². The number of piperidine rings is 1. The number of carbonyl (C=O) groups excluding carboxylic acids is 1. The quantitative estimate of drug-likeness (QED) is 0.873. The maximum Gasteiger partial charge on any atom is 0.251 e. The van der Waals surface area contributed by atoms with E-state index in [2.05, 4.69) is 16.7 Å². The van der Waals surface area contributed by atoms with Crippen LogP contribution in [-0.4, -0.2) is 39.3 Å². The molecule has 2 aromatic carbocycles. The summed E-state index contributed by atoms with van der Waals surface area (Å²) in [6.07, 6.45) is 2.05. The number of halogens is 1. The van der Waals surface area contributed by atoms with Crippen LogP contribution in [0.1, 0.15) is 23.2 Å². The number of benzene rings is 2. The third kappa shape index (κ3) is 4.26. The van der Waals surface area contributed by atoms with Gasteiger partial charge in [0.25, 0.3) is 5.91 Å². The van der Waals surface area contributed by atoms with E-state index in [4.69, 9.17) is 4.74 Å². The van der Waals surface area contributed by atoms with Gasteiger partial charge in [0.1, 0.15) is 0 Å². The normalized spacial score (nSPS) is 16.4. The van der Waals surface area contributed by atoms with Crippen LogP contribution in [0, 0.1) is 5.41 Å². The van der Waals surface area contributed by atoms with Crippen molar-refractivity contribution in [2.75, 3.05) is 33.4 Å². The van der Waals surface area contributed by atoms with E-state index in [0.29, 0.717) is 18.7 Å². The van der Waals surface area contributed by atoms with Crippen molar-refractivity contribution in [1.82, 2.24) is 10.6 Å². The number of hydrogen-bond donors (Lipinski definition) is 2. The number of ether oxygens (including phenoxy) is 1. The van der Waals surface area contributed by atoms with Crippen molar-refractivity contribution < 1.29 is 9.53 Å². The Morgan fingerprint density at radius 1 is 1.17 bits per heavy atom. The number of methoxy groups -OCH3 is 1. The number of amides is 1. The van der Waals surface area contributed by atoms with Crippen LogP contribution < -0.4 is 10.6 Å². The van der Waals surface area contributed by atoms with E-state index in [1.165, 1.54) is 0 Å². The first-order valence-electron chi connectivity index (χ1n) is 8.19. The van der Waals surface area contributed by atoms with Crippen molar-refractivity contribution in [3.8, 4) is 0 Å². The summed E-state index contributed by atoms with van der Waals surface area (Å²) in [5.74, 6) is -0.00948. The van der Waals surface area contributed by atoms with Crippen LogP contribution >= 0.6 is 12.4 Å². The van der Waals surface area contributed by atoms with Gasteiger partial charge in [0, 0.05) is 24.6 Å². The highest BCUT2D eigenvalue weighted by atomic mass is 35.5. The minimum absolute atomic E-state index is 0. The molecule has 24 heavy (non-hydrogen) atoms. The minimum Gasteiger partial charge on any atom is -0.384 e. The lowest BCUT2D eigenvalue weighted by Crippen LogP contribution is -2.47. The largest absolute Gasteiger partial charge is 0.384 e. The van der Waals surface area contributed by atoms with Crippen molar-refractivity contribution in [1.29, 1.82) is 0 Å². The van der Waals surface area contributed by atoms with Crippen LogP contribution in [0.2, 0.25) is 0 Å². The standard InChI is InChI=1S/C19H24N2O2.ClH/c1-23-14-19(8-10-20-11-9-19)13-21-18(22)17-7-6-15-4-2-3-5-16(15)12-17;/h2-7,12,20H,8-11,13-14H2,1H3,(H,21,22);1H. The van der Waals surface area contributed by atoms with E-state index in [0.717, 1.165) is 36.7 Å². The minimum atomic E-state index is -0.00948. The summed E-state index contributed by atoms with van der Waals surface area (Å²) in [6, 6.07) is 13.9. The molecule has 0 aromatic heterocycles. The van der Waals surface area contributed by atoms with Crippen LogP contribution in [0.4, 0.5) is 0 Å². The molecule has 3 rings (SSSR count). The Bertz CT molecular complexity index is 678. The first kappa shape index (κ1) is 18.7. The van der Waals surface area contributed by atoms with Gasteiger partial charge in [-0.25, -0.2) is 0 Å². The Morgan fingerprint density at radius 3 is 2.58 bits per heavy atom. The van der Waals surface area contributed by atoms with E-state index in [1.54, 1.807) is 7.11 Å². The van der Waals surface area contributed by atoms with Crippen LogP contribution in [-0.2, 0) is 4.74 Å². The summed E-state index contributed by atoms with van der Waals surface area (Å²) in [7, 11) is 1.73. The monoisotopic (exact) mass is 348 g/mol. The second kappa shape index (κ2) is 8.47. The SMILES string of the molecule is COCC1(CNC(=O)c2ccc3ccccc3c2)CCNCC1.Cl. The lowest BCUT2D eigenvalue weighted by molar-refractivity contribution is 0.0512. The lowest BCUT2D eigenvalue weighted by atomic mass is 9.79. The van der Waals surface area contributed by atoms with Crippen molar-refractivity contribution >= 4 is 29.1 Å². The Morgan fingerprint density at radius 2 is 1.88 bits per heavy atom. The average Bonchev–Trinajstić information content (AvgIpc) is 2.60. The molecule has 0 spiro atoms. The predicted molar refractivity (Wildman–Crippen MR) is 99.9 cm³/mol. The molecule has 2 aromatic rings. The van der Waals surface area contributed by atoms with Crippen molar-refractivity contribution in [2.45, 2.75) is 12.8 Å². The smallest absolute Gasteiger partial charge is 0.251 e. The van der Waals surface area contributed by atoms with Crippen molar-refractivity contribution in [2.24, 2.45) is 5.41 Å². The first-order valence-corrected chi connectivity index (χ1v) is 8.19. The molecule has 1 heterocycles. The van der Waals surface area contributed by atoms with Gasteiger partial charge in [-0.15, -0.1) is 12.4 Å². The van der Waals surface area contributed by atoms with Crippen molar-refractivity contribution in [3.63, 3.8) is 0 Å². The molecule has 1 saturated heterocycles. The molecule has 130 valence electrons. The molecule has 0 bridgehead atoms. The molecule has 1 aliphatic heterocycles. The zero-order chi connectivity index (χ0) is 16.1. The molecular formula is C19H25ClN2O2. The fourth-order valence-corrected chi connectivity index (χ4v) is 3.34. The fraction of sp³-hybridized carbons (Fsp3) is 0.421. The third-order valence-electron chi connectivity index (χ3n) is 4.75. The van der Waals surface area contributed by atoms with Crippen LogP contribution in [0.5, 0.6) is 0 Å². The van der Waals surface area contributed by atoms with Gasteiger partial charge in [0.15, 0.2) is 0 Å². The molecule has 4 nitrogen and oxygen atoms in total. The van der Waals surface area contributed by atoms with Crippen LogP contribution in [0.15, 0.2) is 42.5 Å². The first-order chi connectivity index (χ1) is 11.2. The summed E-state index contributed by atoms with van der Waals surface area (Å²) in [4.78, 5) is 12.5. The van der Waals surface area contributed by atoms with E-state index in [1.807, 2.05) is 36.4 Å². The molecule has 1 fully saturated rings. The van der Waals surface area contributed by atoms with Gasteiger partial charge in [-0.05, 0) is 48.8 Å². The van der Waals surface area contributed by atoms with Crippen LogP contribution in [0.3, 0.4) is 0 Å². The predicted octanol–water partition coefficient (Wildman–Crippen LogP) is 3.01. The maximum atomic E-state index is 12.5. The number of carbonyl (C=O) groups is 1. The Hall–Kier alpha value is -1.62. The summed E-state index contributed by atoms with van der Waals surface area (Å²) < 4.78 is 5.40. The second-order valence-corrected chi connectivity index (χ2v) is 6.43. The van der Waals surface area contributed by atoms with E-state index < -0.39 is 0 Å². The fourth-order valence-electron chi connectivity index (χ4n) is 3.34. The van der Waals surface area contributed by atoms with Gasteiger partial charge in [0.05, 0.1) is 6.61 Å². The Kier molecular flexibility index (Phi) is 6.60. The molecule has 0 aliphatic carbocycles. The molecule has 0 unspecified atom stereocenters. The number of hydrogen-bond acceptors (Lipinski definition) is 3. The number of fused-ring (bicyclic) bond motifs is 1. The average molecular weight is 349 g/mol. The summed E-state index contributed by atoms with van der Waals surface area (Å²) in [5.41, 5.74) is 0.761. The highest BCUT2D eigenvalue weighted by molar-refractivity contribution is 5.98. The topological polar surface area (TPSA) is 50.4 Å². The molecule has 5 heteroatoms. The molecule has 1 amide bonds. The summed E-state index contributed by atoms with van der Waals surface area (Å²) in [5, 5.41) is 8.72. The van der Waals surface area contributed by atoms with Crippen molar-refractivity contribution in [3.05, 3.63) is 48.0 Å². The van der Waals surface area contributed by atoms with E-state index in [9.17, 15) is 4.79 Å². The van der Waals surface area contributed by atoms with Gasteiger partial charge in [-0.1, -0.05) is 30.3 Å². The van der Waals surface area contributed by atoms with Gasteiger partial charge < -0.3 is 15.4 Å².